The van der Waals surface area contributed by atoms with Crippen LogP contribution >= 0.6 is 0 Å². The van der Waals surface area contributed by atoms with Crippen LogP contribution in [-0.2, 0) is 6.54 Å². The van der Waals surface area contributed by atoms with Gasteiger partial charge in [0.05, 0.1) is 0 Å². The van der Waals surface area contributed by atoms with E-state index in [0.29, 0.717) is 12.6 Å². The first-order valence-corrected chi connectivity index (χ1v) is 7.71. The smallest absolute Gasteiger partial charge is 0.123 e. The molecule has 1 fully saturated rings. The summed E-state index contributed by atoms with van der Waals surface area (Å²) in [4.78, 5) is 2.26. The van der Waals surface area contributed by atoms with Gasteiger partial charge in [0.25, 0.3) is 0 Å². The first-order chi connectivity index (χ1) is 10.3. The summed E-state index contributed by atoms with van der Waals surface area (Å²) < 4.78 is 5.96. The number of hydrogen-bond acceptors (Lipinski definition) is 3. The Morgan fingerprint density at radius 3 is 2.57 bits per heavy atom. The molecule has 21 heavy (non-hydrogen) atoms. The molecule has 2 rings (SSSR count). The van der Waals surface area contributed by atoms with E-state index >= 15 is 0 Å². The summed E-state index contributed by atoms with van der Waals surface area (Å²) in [5.74, 6) is 0.989. The molecule has 0 aromatic heterocycles. The fourth-order valence-electron chi connectivity index (χ4n) is 2.24. The minimum absolute atomic E-state index is 0.683. The van der Waals surface area contributed by atoms with Gasteiger partial charge in [0.1, 0.15) is 12.4 Å². The van der Waals surface area contributed by atoms with Crippen LogP contribution in [0.2, 0.25) is 0 Å². The highest BCUT2D eigenvalue weighted by atomic mass is 16.5. The minimum Gasteiger partial charge on any atom is -0.492 e. The molecule has 1 aliphatic rings. The van der Waals surface area contributed by atoms with E-state index < -0.39 is 0 Å². The van der Waals surface area contributed by atoms with Gasteiger partial charge < -0.3 is 10.1 Å². The van der Waals surface area contributed by atoms with E-state index in [1.54, 1.807) is 0 Å². The monoisotopic (exact) mass is 286 g/mol. The third-order valence-electron chi connectivity index (χ3n) is 3.57. The second-order valence-electron chi connectivity index (χ2n) is 5.45. The van der Waals surface area contributed by atoms with Gasteiger partial charge in [0, 0.05) is 37.8 Å². The zero-order valence-electron chi connectivity index (χ0n) is 12.8. The molecule has 1 aromatic carbocycles. The average molecular weight is 286 g/mol. The van der Waals surface area contributed by atoms with Crippen molar-refractivity contribution in [2.75, 3.05) is 26.2 Å². The Labute approximate surface area is 128 Å². The molecule has 1 aromatic rings. The van der Waals surface area contributed by atoms with E-state index in [1.165, 1.54) is 18.4 Å². The van der Waals surface area contributed by atoms with Crippen molar-refractivity contribution in [3.63, 3.8) is 0 Å². The topological polar surface area (TPSA) is 24.5 Å². The Balaban J connectivity index is 1.80. The normalized spacial score (nSPS) is 14.1. The summed E-state index contributed by atoms with van der Waals surface area (Å²) >= 11 is 0. The Morgan fingerprint density at radius 2 is 1.90 bits per heavy atom. The van der Waals surface area contributed by atoms with Gasteiger partial charge in [-0.2, -0.15) is 0 Å². The third kappa shape index (κ3) is 5.74. The van der Waals surface area contributed by atoms with Crippen LogP contribution in [0, 0.1) is 0 Å². The lowest BCUT2D eigenvalue weighted by molar-refractivity contribution is 0.234. The van der Waals surface area contributed by atoms with E-state index in [-0.39, 0.29) is 0 Å². The fourth-order valence-corrected chi connectivity index (χ4v) is 2.24. The molecule has 0 aliphatic heterocycles. The van der Waals surface area contributed by atoms with Gasteiger partial charge in [0.15, 0.2) is 0 Å². The number of rotatable bonds is 11. The predicted molar refractivity (Wildman–Crippen MR) is 88.6 cm³/mol. The maximum absolute atomic E-state index is 5.96. The molecular weight excluding hydrogens is 260 g/mol. The van der Waals surface area contributed by atoms with E-state index in [0.717, 1.165) is 31.9 Å². The number of hydrogen-bond donors (Lipinski definition) is 1. The maximum Gasteiger partial charge on any atom is 0.123 e. The van der Waals surface area contributed by atoms with Crippen molar-refractivity contribution in [2.45, 2.75) is 25.4 Å². The summed E-state index contributed by atoms with van der Waals surface area (Å²) in [6.45, 7) is 11.7. The minimum atomic E-state index is 0.683. The van der Waals surface area contributed by atoms with Crippen molar-refractivity contribution in [3.05, 3.63) is 55.1 Å². The average Bonchev–Trinajstić information content (AvgIpc) is 3.31. The maximum atomic E-state index is 5.96. The Morgan fingerprint density at radius 1 is 1.19 bits per heavy atom. The van der Waals surface area contributed by atoms with Crippen LogP contribution in [0.4, 0.5) is 0 Å². The molecule has 0 heterocycles. The van der Waals surface area contributed by atoms with Crippen molar-refractivity contribution in [3.8, 4) is 5.75 Å². The summed E-state index contributed by atoms with van der Waals surface area (Å²) in [6.07, 6.45) is 6.44. The quantitative estimate of drug-likeness (QED) is 0.633. The predicted octanol–water partition coefficient (Wildman–Crippen LogP) is 2.99. The van der Waals surface area contributed by atoms with E-state index in [2.05, 4.69) is 41.6 Å². The molecule has 0 bridgehead atoms. The van der Waals surface area contributed by atoms with Gasteiger partial charge in [0.2, 0.25) is 0 Å². The molecule has 0 atom stereocenters. The molecule has 0 amide bonds. The number of ether oxygens (including phenoxy) is 1. The van der Waals surface area contributed by atoms with E-state index in [9.17, 15) is 0 Å². The van der Waals surface area contributed by atoms with E-state index in [1.807, 2.05) is 18.2 Å². The molecule has 0 saturated heterocycles. The van der Waals surface area contributed by atoms with Crippen LogP contribution in [0.1, 0.15) is 18.4 Å². The lowest BCUT2D eigenvalue weighted by Gasteiger charge is -2.19. The van der Waals surface area contributed by atoms with Gasteiger partial charge in [-0.15, -0.1) is 13.2 Å². The lowest BCUT2D eigenvalue weighted by atomic mass is 10.2. The largest absolute Gasteiger partial charge is 0.492 e. The standard InChI is InChI=1S/C18H26N2O/c1-3-11-20(12-4-2)13-14-21-18-8-6-5-7-16(18)15-19-17-9-10-17/h3-8,17,19H,1-2,9-15H2. The Bertz CT molecular complexity index is 444. The van der Waals surface area contributed by atoms with Crippen molar-refractivity contribution in [1.82, 2.24) is 10.2 Å². The molecule has 1 saturated carbocycles. The molecular formula is C18H26N2O. The summed E-state index contributed by atoms with van der Waals surface area (Å²) in [6, 6.07) is 9.00. The third-order valence-corrected chi connectivity index (χ3v) is 3.57. The van der Waals surface area contributed by atoms with Gasteiger partial charge in [-0.1, -0.05) is 30.4 Å². The summed E-state index contributed by atoms with van der Waals surface area (Å²) in [7, 11) is 0. The van der Waals surface area contributed by atoms with Crippen LogP contribution in [0.25, 0.3) is 0 Å². The van der Waals surface area contributed by atoms with Crippen LogP contribution in [0.15, 0.2) is 49.6 Å². The molecule has 0 spiro atoms. The van der Waals surface area contributed by atoms with Gasteiger partial charge in [-0.25, -0.2) is 0 Å². The zero-order chi connectivity index (χ0) is 14.9. The number of nitrogens with one attached hydrogen (secondary N) is 1. The fraction of sp³-hybridized carbons (Fsp3) is 0.444. The van der Waals surface area contributed by atoms with Crippen LogP contribution < -0.4 is 10.1 Å². The van der Waals surface area contributed by atoms with Gasteiger partial charge >= 0.3 is 0 Å². The van der Waals surface area contributed by atoms with Crippen molar-refractivity contribution in [1.29, 1.82) is 0 Å². The summed E-state index contributed by atoms with van der Waals surface area (Å²) in [5.41, 5.74) is 1.24. The highest BCUT2D eigenvalue weighted by Gasteiger charge is 2.20. The highest BCUT2D eigenvalue weighted by Crippen LogP contribution is 2.22. The molecule has 3 heteroatoms. The SMILES string of the molecule is C=CCN(CC=C)CCOc1ccccc1CNC1CC1. The van der Waals surface area contributed by atoms with Gasteiger partial charge in [-0.05, 0) is 18.9 Å². The van der Waals surface area contributed by atoms with Crippen LogP contribution in [-0.4, -0.2) is 37.2 Å². The molecule has 0 unspecified atom stereocenters. The van der Waals surface area contributed by atoms with Crippen molar-refractivity contribution >= 4 is 0 Å². The summed E-state index contributed by atoms with van der Waals surface area (Å²) in [5, 5.41) is 3.54. The zero-order valence-corrected chi connectivity index (χ0v) is 12.8. The molecule has 0 radical (unpaired) electrons. The number of benzene rings is 1. The molecule has 3 nitrogen and oxygen atoms in total. The molecule has 1 N–H and O–H groups in total. The first kappa shape index (κ1) is 15.8. The van der Waals surface area contributed by atoms with E-state index in [4.69, 9.17) is 4.74 Å². The highest BCUT2D eigenvalue weighted by molar-refractivity contribution is 5.33. The number of nitrogens with zero attached hydrogens (tertiary/aromatic N) is 1. The molecule has 114 valence electrons. The molecule has 1 aliphatic carbocycles. The lowest BCUT2D eigenvalue weighted by Crippen LogP contribution is -2.29. The second kappa shape index (κ2) is 8.65. The first-order valence-electron chi connectivity index (χ1n) is 7.71. The second-order valence-corrected chi connectivity index (χ2v) is 5.45. The Kier molecular flexibility index (Phi) is 6.51. The van der Waals surface area contributed by atoms with Crippen LogP contribution in [0.3, 0.4) is 0 Å². The van der Waals surface area contributed by atoms with Crippen LogP contribution in [0.5, 0.6) is 5.75 Å². The van der Waals surface area contributed by atoms with Crippen molar-refractivity contribution in [2.24, 2.45) is 0 Å². The van der Waals surface area contributed by atoms with Crippen molar-refractivity contribution < 1.29 is 4.74 Å². The number of para-hydroxylation sites is 1. The Hall–Kier alpha value is -1.58. The van der Waals surface area contributed by atoms with Gasteiger partial charge in [-0.3, -0.25) is 4.90 Å².